The van der Waals surface area contributed by atoms with Crippen LogP contribution < -0.4 is 15.4 Å². The van der Waals surface area contributed by atoms with Crippen LogP contribution in [0.4, 0.5) is 4.79 Å². The first-order valence-corrected chi connectivity index (χ1v) is 8.80. The van der Waals surface area contributed by atoms with Crippen LogP contribution in [-0.2, 0) is 16.1 Å². The first-order chi connectivity index (χ1) is 13.1. The van der Waals surface area contributed by atoms with Gasteiger partial charge in [-0.2, -0.15) is 0 Å². The lowest BCUT2D eigenvalue weighted by atomic mass is 9.95. The smallest absolute Gasteiger partial charge is 0.338 e. The van der Waals surface area contributed by atoms with Gasteiger partial charge in [0, 0.05) is 5.70 Å². The number of ether oxygens (including phenoxy) is 2. The average molecular weight is 366 g/mol. The van der Waals surface area contributed by atoms with Gasteiger partial charge >= 0.3 is 12.0 Å². The molecule has 1 atom stereocenters. The van der Waals surface area contributed by atoms with Crippen LogP contribution in [0.15, 0.2) is 65.9 Å². The van der Waals surface area contributed by atoms with Crippen LogP contribution in [0.25, 0.3) is 0 Å². The van der Waals surface area contributed by atoms with Crippen LogP contribution in [0.1, 0.15) is 31.0 Å². The highest BCUT2D eigenvalue weighted by molar-refractivity contribution is 5.95. The first kappa shape index (κ1) is 18.5. The SMILES string of the molecule is CCOC(=O)C1=C(C)NC(=O)N[C@@H]1c1cccc(OCc2ccccc2)c1. The number of rotatable bonds is 6. The van der Waals surface area contributed by atoms with Crippen molar-refractivity contribution in [3.63, 3.8) is 0 Å². The van der Waals surface area contributed by atoms with E-state index >= 15 is 0 Å². The fourth-order valence-electron chi connectivity index (χ4n) is 2.95. The summed E-state index contributed by atoms with van der Waals surface area (Å²) in [5.74, 6) is 0.202. The third kappa shape index (κ3) is 4.47. The molecule has 0 bridgehead atoms. The summed E-state index contributed by atoms with van der Waals surface area (Å²) in [5.41, 5.74) is 2.67. The van der Waals surface area contributed by atoms with Crippen molar-refractivity contribution in [1.29, 1.82) is 0 Å². The molecule has 0 radical (unpaired) electrons. The summed E-state index contributed by atoms with van der Waals surface area (Å²) >= 11 is 0. The van der Waals surface area contributed by atoms with Crippen molar-refractivity contribution < 1.29 is 19.1 Å². The Morgan fingerprint density at radius 1 is 1.11 bits per heavy atom. The van der Waals surface area contributed by atoms with Gasteiger partial charge in [-0.3, -0.25) is 0 Å². The normalized spacial score (nSPS) is 16.4. The van der Waals surface area contributed by atoms with Gasteiger partial charge in [0.2, 0.25) is 0 Å². The van der Waals surface area contributed by atoms with E-state index in [2.05, 4.69) is 10.6 Å². The number of urea groups is 1. The first-order valence-electron chi connectivity index (χ1n) is 8.80. The third-order valence-electron chi connectivity index (χ3n) is 4.20. The summed E-state index contributed by atoms with van der Waals surface area (Å²) in [5, 5.41) is 5.42. The van der Waals surface area contributed by atoms with Gasteiger partial charge in [-0.15, -0.1) is 0 Å². The van der Waals surface area contributed by atoms with E-state index in [4.69, 9.17) is 9.47 Å². The largest absolute Gasteiger partial charge is 0.489 e. The predicted octanol–water partition coefficient (Wildman–Crippen LogP) is 3.46. The van der Waals surface area contributed by atoms with Crippen molar-refractivity contribution in [2.75, 3.05) is 6.61 Å². The summed E-state index contributed by atoms with van der Waals surface area (Å²) in [4.78, 5) is 24.3. The van der Waals surface area contributed by atoms with Gasteiger partial charge in [0.1, 0.15) is 12.4 Å². The van der Waals surface area contributed by atoms with Crippen LogP contribution in [-0.4, -0.2) is 18.6 Å². The molecule has 6 heteroatoms. The molecule has 0 saturated heterocycles. The molecule has 2 amide bonds. The lowest BCUT2D eigenvalue weighted by Gasteiger charge is -2.28. The summed E-state index contributed by atoms with van der Waals surface area (Å²) in [7, 11) is 0. The molecule has 1 aliphatic rings. The van der Waals surface area contributed by atoms with E-state index in [0.717, 1.165) is 11.1 Å². The highest BCUT2D eigenvalue weighted by Crippen LogP contribution is 2.29. The molecule has 0 unspecified atom stereocenters. The molecule has 3 rings (SSSR count). The van der Waals surface area contributed by atoms with Gasteiger partial charge < -0.3 is 20.1 Å². The molecule has 2 aromatic carbocycles. The van der Waals surface area contributed by atoms with E-state index in [-0.39, 0.29) is 12.6 Å². The van der Waals surface area contributed by atoms with Gasteiger partial charge in [0.15, 0.2) is 0 Å². The molecule has 140 valence electrons. The number of hydrogen-bond donors (Lipinski definition) is 2. The Morgan fingerprint density at radius 2 is 1.89 bits per heavy atom. The van der Waals surface area contributed by atoms with E-state index in [0.29, 0.717) is 23.6 Å². The Balaban J connectivity index is 1.84. The highest BCUT2D eigenvalue weighted by Gasteiger charge is 2.32. The highest BCUT2D eigenvalue weighted by atomic mass is 16.5. The maximum Gasteiger partial charge on any atom is 0.338 e. The van der Waals surface area contributed by atoms with Gasteiger partial charge in [-0.1, -0.05) is 42.5 Å². The maximum atomic E-state index is 12.4. The Kier molecular flexibility index (Phi) is 5.76. The number of carbonyl (C=O) groups excluding carboxylic acids is 2. The Bertz CT molecular complexity index is 861. The molecule has 0 saturated carbocycles. The van der Waals surface area contributed by atoms with Crippen LogP contribution >= 0.6 is 0 Å². The zero-order valence-electron chi connectivity index (χ0n) is 15.3. The van der Waals surface area contributed by atoms with E-state index in [1.807, 2.05) is 54.6 Å². The van der Waals surface area contributed by atoms with Crippen molar-refractivity contribution in [2.45, 2.75) is 26.5 Å². The average Bonchev–Trinajstić information content (AvgIpc) is 2.67. The van der Waals surface area contributed by atoms with Crippen molar-refractivity contribution >= 4 is 12.0 Å². The fourth-order valence-corrected chi connectivity index (χ4v) is 2.95. The second kappa shape index (κ2) is 8.40. The lowest BCUT2D eigenvalue weighted by molar-refractivity contribution is -0.139. The Labute approximate surface area is 158 Å². The van der Waals surface area contributed by atoms with E-state index in [1.54, 1.807) is 13.8 Å². The monoisotopic (exact) mass is 366 g/mol. The predicted molar refractivity (Wildman–Crippen MR) is 101 cm³/mol. The molecule has 2 aromatic rings. The molecule has 0 spiro atoms. The standard InChI is InChI=1S/C21H22N2O4/c1-3-26-20(24)18-14(2)22-21(25)23-19(18)16-10-7-11-17(12-16)27-13-15-8-5-4-6-9-15/h4-12,19H,3,13H2,1-2H3,(H2,22,23,25)/t19-/m1/s1. The van der Waals surface area contributed by atoms with E-state index in [9.17, 15) is 9.59 Å². The lowest BCUT2D eigenvalue weighted by Crippen LogP contribution is -2.45. The van der Waals surface area contributed by atoms with Crippen molar-refractivity contribution in [1.82, 2.24) is 10.6 Å². The minimum Gasteiger partial charge on any atom is -0.489 e. The summed E-state index contributed by atoms with van der Waals surface area (Å²) in [6, 6.07) is 16.2. The number of hydrogen-bond acceptors (Lipinski definition) is 4. The number of esters is 1. The van der Waals surface area contributed by atoms with Gasteiger partial charge in [-0.05, 0) is 37.1 Å². The van der Waals surface area contributed by atoms with E-state index < -0.39 is 12.0 Å². The molecule has 2 N–H and O–H groups in total. The molecule has 0 aliphatic carbocycles. The second-order valence-electron chi connectivity index (χ2n) is 6.14. The van der Waals surface area contributed by atoms with Gasteiger partial charge in [0.05, 0.1) is 18.2 Å². The Hall–Kier alpha value is -3.28. The zero-order valence-corrected chi connectivity index (χ0v) is 15.3. The van der Waals surface area contributed by atoms with E-state index in [1.165, 1.54) is 0 Å². The summed E-state index contributed by atoms with van der Waals surface area (Å²) in [6.07, 6.45) is 0. The number of nitrogens with one attached hydrogen (secondary N) is 2. The zero-order chi connectivity index (χ0) is 19.2. The van der Waals surface area contributed by atoms with Crippen molar-refractivity contribution in [3.05, 3.63) is 77.0 Å². The molecule has 1 heterocycles. The molecule has 0 aromatic heterocycles. The van der Waals surface area contributed by atoms with Crippen LogP contribution in [0.3, 0.4) is 0 Å². The number of benzene rings is 2. The minimum absolute atomic E-state index is 0.260. The molecule has 0 fully saturated rings. The number of allylic oxidation sites excluding steroid dienone is 1. The van der Waals surface area contributed by atoms with Crippen LogP contribution in [0.2, 0.25) is 0 Å². The van der Waals surface area contributed by atoms with Crippen LogP contribution in [0.5, 0.6) is 5.75 Å². The summed E-state index contributed by atoms with van der Waals surface area (Å²) < 4.78 is 11.0. The number of carbonyl (C=O) groups is 2. The van der Waals surface area contributed by atoms with Crippen molar-refractivity contribution in [3.8, 4) is 5.75 Å². The molecule has 27 heavy (non-hydrogen) atoms. The second-order valence-corrected chi connectivity index (χ2v) is 6.14. The molecular formula is C21H22N2O4. The fraction of sp³-hybridized carbons (Fsp3) is 0.238. The van der Waals surface area contributed by atoms with Crippen LogP contribution in [0, 0.1) is 0 Å². The summed E-state index contributed by atoms with van der Waals surface area (Å²) in [6.45, 7) is 4.13. The van der Waals surface area contributed by atoms with Crippen molar-refractivity contribution in [2.24, 2.45) is 0 Å². The van der Waals surface area contributed by atoms with Gasteiger partial charge in [-0.25, -0.2) is 9.59 Å². The quantitative estimate of drug-likeness (QED) is 0.768. The Morgan fingerprint density at radius 3 is 2.63 bits per heavy atom. The topological polar surface area (TPSA) is 76.7 Å². The molecular weight excluding hydrogens is 344 g/mol. The molecule has 6 nitrogen and oxygen atoms in total. The minimum atomic E-state index is -0.599. The molecule has 1 aliphatic heterocycles. The number of amides is 2. The third-order valence-corrected chi connectivity index (χ3v) is 4.20. The maximum absolute atomic E-state index is 12.4. The van der Waals surface area contributed by atoms with Gasteiger partial charge in [0.25, 0.3) is 0 Å².